The number of halogens is 2. The number of hydrogen-bond donors (Lipinski definition) is 1. The van der Waals surface area contributed by atoms with Crippen LogP contribution < -0.4 is 0 Å². The molecule has 7 heteroatoms. The number of carbonyl (C=O) groups is 1. The third-order valence-corrected chi connectivity index (χ3v) is 5.73. The van der Waals surface area contributed by atoms with Crippen LogP contribution >= 0.6 is 0 Å². The number of fused-ring (bicyclic) bond motifs is 1. The molecule has 4 aromatic rings. The van der Waals surface area contributed by atoms with Crippen LogP contribution in [0, 0.1) is 11.6 Å². The third kappa shape index (κ3) is 4.08. The minimum atomic E-state index is -0.330. The Labute approximate surface area is 177 Å². The van der Waals surface area contributed by atoms with E-state index in [-0.39, 0.29) is 23.5 Å². The van der Waals surface area contributed by atoms with Crippen molar-refractivity contribution in [3.05, 3.63) is 89.3 Å². The van der Waals surface area contributed by atoms with Crippen LogP contribution in [0.1, 0.15) is 46.5 Å². The van der Waals surface area contributed by atoms with Crippen molar-refractivity contribution in [2.24, 2.45) is 0 Å². The average Bonchev–Trinajstić information content (AvgIpc) is 3.42. The topological polar surface area (TPSA) is 62.1 Å². The van der Waals surface area contributed by atoms with Gasteiger partial charge in [0.2, 0.25) is 0 Å². The molecule has 2 aromatic carbocycles. The first-order valence-corrected chi connectivity index (χ1v) is 10.3. The summed E-state index contributed by atoms with van der Waals surface area (Å²) in [6, 6.07) is 12.4. The van der Waals surface area contributed by atoms with Gasteiger partial charge in [0.15, 0.2) is 5.89 Å². The predicted molar refractivity (Wildman–Crippen MR) is 112 cm³/mol. The number of H-pyrrole nitrogens is 1. The van der Waals surface area contributed by atoms with E-state index in [2.05, 4.69) is 9.97 Å². The van der Waals surface area contributed by atoms with Crippen molar-refractivity contribution in [2.75, 3.05) is 13.1 Å². The number of carbonyl (C=O) groups excluding carboxylic acids is 1. The molecule has 0 bridgehead atoms. The molecule has 1 saturated heterocycles. The summed E-state index contributed by atoms with van der Waals surface area (Å²) in [5, 5.41) is 0.676. The van der Waals surface area contributed by atoms with E-state index in [1.165, 1.54) is 24.3 Å². The maximum Gasteiger partial charge on any atom is 0.270 e. The first-order chi connectivity index (χ1) is 15.0. The van der Waals surface area contributed by atoms with Crippen molar-refractivity contribution in [1.82, 2.24) is 14.9 Å². The molecule has 1 fully saturated rings. The van der Waals surface area contributed by atoms with E-state index in [0.717, 1.165) is 23.9 Å². The summed E-state index contributed by atoms with van der Waals surface area (Å²) in [7, 11) is 0. The summed E-state index contributed by atoms with van der Waals surface area (Å²) in [5.74, 6) is 0.634. The zero-order valence-corrected chi connectivity index (χ0v) is 16.8. The van der Waals surface area contributed by atoms with Crippen LogP contribution in [0.5, 0.6) is 0 Å². The van der Waals surface area contributed by atoms with Crippen molar-refractivity contribution >= 4 is 16.8 Å². The van der Waals surface area contributed by atoms with Crippen LogP contribution in [0.3, 0.4) is 0 Å². The van der Waals surface area contributed by atoms with Crippen LogP contribution in [0.25, 0.3) is 10.9 Å². The van der Waals surface area contributed by atoms with Crippen LogP contribution in [0.4, 0.5) is 8.78 Å². The Bertz CT molecular complexity index is 1230. The van der Waals surface area contributed by atoms with E-state index in [1.807, 2.05) is 0 Å². The number of aromatic nitrogens is 2. The highest BCUT2D eigenvalue weighted by Gasteiger charge is 2.29. The van der Waals surface area contributed by atoms with Crippen molar-refractivity contribution in [1.29, 1.82) is 0 Å². The maximum absolute atomic E-state index is 13.5. The van der Waals surface area contributed by atoms with Gasteiger partial charge in [-0.15, -0.1) is 0 Å². The summed E-state index contributed by atoms with van der Waals surface area (Å²) >= 11 is 0. The van der Waals surface area contributed by atoms with E-state index < -0.39 is 0 Å². The molecule has 31 heavy (non-hydrogen) atoms. The number of piperidine rings is 1. The van der Waals surface area contributed by atoms with E-state index >= 15 is 0 Å². The fraction of sp³-hybridized carbons (Fsp3) is 0.250. The lowest BCUT2D eigenvalue weighted by molar-refractivity contribution is 0.0693. The molecular formula is C24H21F2N3O2. The van der Waals surface area contributed by atoms with Crippen molar-refractivity contribution in [2.45, 2.75) is 25.2 Å². The Kier molecular flexibility index (Phi) is 5.02. The lowest BCUT2D eigenvalue weighted by atomic mass is 9.97. The van der Waals surface area contributed by atoms with Crippen molar-refractivity contribution < 1.29 is 18.0 Å². The molecule has 0 radical (unpaired) electrons. The van der Waals surface area contributed by atoms with Crippen LogP contribution in [0.15, 0.2) is 59.1 Å². The summed E-state index contributed by atoms with van der Waals surface area (Å²) in [6.45, 7) is 1.17. The van der Waals surface area contributed by atoms with Gasteiger partial charge < -0.3 is 14.3 Å². The molecule has 158 valence electrons. The molecule has 1 aliphatic rings. The zero-order chi connectivity index (χ0) is 21.4. The van der Waals surface area contributed by atoms with E-state index in [9.17, 15) is 13.6 Å². The van der Waals surface area contributed by atoms with Gasteiger partial charge in [-0.25, -0.2) is 13.8 Å². The Morgan fingerprint density at radius 1 is 1.13 bits per heavy atom. The predicted octanol–water partition coefficient (Wildman–Crippen LogP) is 5.04. The van der Waals surface area contributed by atoms with Crippen molar-refractivity contribution in [3.8, 4) is 0 Å². The van der Waals surface area contributed by atoms with E-state index in [4.69, 9.17) is 4.42 Å². The van der Waals surface area contributed by atoms with Gasteiger partial charge >= 0.3 is 0 Å². The van der Waals surface area contributed by atoms with Crippen molar-refractivity contribution in [3.63, 3.8) is 0 Å². The number of likely N-dealkylation sites (tertiary alicyclic amines) is 1. The summed E-state index contributed by atoms with van der Waals surface area (Å²) in [6.07, 6.45) is 3.97. The molecule has 2 aromatic heterocycles. The lowest BCUT2D eigenvalue weighted by Crippen LogP contribution is -2.39. The number of hydrogen-bond acceptors (Lipinski definition) is 3. The SMILES string of the molecule is O=C(c1cc2cc(F)ccc2[nH]1)N1CCCC(c2ncc(Cc3ccc(F)cc3)o2)C1. The molecule has 0 aliphatic carbocycles. The zero-order valence-electron chi connectivity index (χ0n) is 16.8. The highest BCUT2D eigenvalue weighted by Crippen LogP contribution is 2.28. The third-order valence-electron chi connectivity index (χ3n) is 5.73. The second-order valence-electron chi connectivity index (χ2n) is 7.97. The monoisotopic (exact) mass is 421 g/mol. The number of aromatic amines is 1. The molecule has 3 heterocycles. The number of oxazole rings is 1. The highest BCUT2D eigenvalue weighted by molar-refractivity contribution is 5.98. The van der Waals surface area contributed by atoms with Gasteiger partial charge in [0, 0.05) is 30.4 Å². The van der Waals surface area contributed by atoms with Gasteiger partial charge in [-0.1, -0.05) is 12.1 Å². The van der Waals surface area contributed by atoms with Crippen LogP contribution in [-0.4, -0.2) is 33.9 Å². The van der Waals surface area contributed by atoms with Gasteiger partial charge in [-0.3, -0.25) is 4.79 Å². The van der Waals surface area contributed by atoms with Gasteiger partial charge in [0.05, 0.1) is 12.1 Å². The Morgan fingerprint density at radius 2 is 1.94 bits per heavy atom. The molecule has 0 spiro atoms. The Balaban J connectivity index is 1.29. The Hall–Kier alpha value is -3.48. The quantitative estimate of drug-likeness (QED) is 0.502. The first kappa shape index (κ1) is 19.5. The maximum atomic E-state index is 13.5. The van der Waals surface area contributed by atoms with E-state index in [1.54, 1.807) is 35.4 Å². The summed E-state index contributed by atoms with van der Waals surface area (Å²) in [4.78, 5) is 22.3. The molecule has 0 saturated carbocycles. The van der Waals surface area contributed by atoms with Gasteiger partial charge in [0.25, 0.3) is 5.91 Å². The number of nitrogens with one attached hydrogen (secondary N) is 1. The van der Waals surface area contributed by atoms with Crippen LogP contribution in [0.2, 0.25) is 0 Å². The van der Waals surface area contributed by atoms with E-state index in [0.29, 0.717) is 42.2 Å². The smallest absolute Gasteiger partial charge is 0.270 e. The second-order valence-corrected chi connectivity index (χ2v) is 7.97. The summed E-state index contributed by atoms with van der Waals surface area (Å²) in [5.41, 5.74) is 2.13. The Morgan fingerprint density at radius 3 is 2.77 bits per heavy atom. The van der Waals surface area contributed by atoms with Gasteiger partial charge in [0.1, 0.15) is 23.1 Å². The van der Waals surface area contributed by atoms with Crippen LogP contribution in [-0.2, 0) is 6.42 Å². The second kappa shape index (κ2) is 7.98. The molecular weight excluding hydrogens is 400 g/mol. The first-order valence-electron chi connectivity index (χ1n) is 10.3. The lowest BCUT2D eigenvalue weighted by Gasteiger charge is -2.31. The number of amides is 1. The normalized spacial score (nSPS) is 16.7. The summed E-state index contributed by atoms with van der Waals surface area (Å²) < 4.78 is 32.5. The molecule has 1 aliphatic heterocycles. The van der Waals surface area contributed by atoms with Gasteiger partial charge in [-0.05, 0) is 54.8 Å². The van der Waals surface area contributed by atoms with Gasteiger partial charge in [-0.2, -0.15) is 0 Å². The molecule has 1 N–H and O–H groups in total. The average molecular weight is 421 g/mol. The fourth-order valence-corrected chi connectivity index (χ4v) is 4.15. The molecule has 1 unspecified atom stereocenters. The number of nitrogens with zero attached hydrogens (tertiary/aromatic N) is 2. The minimum absolute atomic E-state index is 0.0153. The largest absolute Gasteiger partial charge is 0.445 e. The number of benzene rings is 2. The number of rotatable bonds is 4. The molecule has 1 atom stereocenters. The standard InChI is InChI=1S/C24H21F2N3O2/c25-18-5-3-15(4-6-18)10-20-13-27-23(31-20)16-2-1-9-29(14-16)24(30)22-12-17-11-19(26)7-8-21(17)28-22/h3-8,11-13,16,28H,1-2,9-10,14H2. The minimum Gasteiger partial charge on any atom is -0.445 e. The molecule has 5 nitrogen and oxygen atoms in total. The highest BCUT2D eigenvalue weighted by atomic mass is 19.1. The molecule has 5 rings (SSSR count). The molecule has 1 amide bonds. The fourth-order valence-electron chi connectivity index (χ4n) is 4.15.